The Morgan fingerprint density at radius 3 is 2.66 bits per heavy atom. The number of benzene rings is 2. The van der Waals surface area contributed by atoms with E-state index >= 15 is 0 Å². The number of H-pyrrole nitrogens is 1. The van der Waals surface area contributed by atoms with E-state index in [9.17, 15) is 13.6 Å². The summed E-state index contributed by atoms with van der Waals surface area (Å²) in [6, 6.07) is 10.8. The zero-order valence-corrected chi connectivity index (χ0v) is 16.3. The van der Waals surface area contributed by atoms with Crippen LogP contribution in [-0.2, 0) is 11.2 Å². The molecule has 4 nitrogen and oxygen atoms in total. The Bertz CT molecular complexity index is 1010. The highest BCUT2D eigenvalue weighted by molar-refractivity contribution is 5.91. The number of nitrogens with two attached hydrogens (primary N) is 1. The minimum Gasteiger partial charge on any atom is -0.354 e. The van der Waals surface area contributed by atoms with Gasteiger partial charge in [-0.25, -0.2) is 8.78 Å². The smallest absolute Gasteiger partial charge is 0.222 e. The van der Waals surface area contributed by atoms with Gasteiger partial charge in [-0.3, -0.25) is 4.79 Å². The fraction of sp³-hybridized carbons (Fsp3) is 0.348. The third-order valence-corrected chi connectivity index (χ3v) is 5.79. The molecule has 0 saturated carbocycles. The summed E-state index contributed by atoms with van der Waals surface area (Å²) < 4.78 is 27.3. The number of carbonyl (C=O) groups is 1. The number of hydrogen-bond acceptors (Lipinski definition) is 2. The van der Waals surface area contributed by atoms with Gasteiger partial charge in [-0.2, -0.15) is 0 Å². The molecule has 0 bridgehead atoms. The molecule has 2 aromatic carbocycles. The van der Waals surface area contributed by atoms with Crippen LogP contribution in [0.15, 0.2) is 42.5 Å². The first-order valence-electron chi connectivity index (χ1n) is 10.1. The van der Waals surface area contributed by atoms with E-state index in [0.29, 0.717) is 31.8 Å². The molecule has 1 aromatic heterocycles. The second-order valence-electron chi connectivity index (χ2n) is 7.76. The van der Waals surface area contributed by atoms with Crippen molar-refractivity contribution >= 4 is 16.8 Å². The van der Waals surface area contributed by atoms with Crippen LogP contribution in [0.25, 0.3) is 22.2 Å². The molecule has 3 aromatic rings. The molecule has 152 valence electrons. The summed E-state index contributed by atoms with van der Waals surface area (Å²) >= 11 is 0. The van der Waals surface area contributed by atoms with Gasteiger partial charge >= 0.3 is 0 Å². The van der Waals surface area contributed by atoms with Gasteiger partial charge in [0.15, 0.2) is 0 Å². The number of amides is 1. The number of hydrogen-bond donors (Lipinski definition) is 2. The van der Waals surface area contributed by atoms with Crippen molar-refractivity contribution in [2.75, 3.05) is 19.6 Å². The number of aromatic amines is 1. The third-order valence-electron chi connectivity index (χ3n) is 5.79. The maximum atomic E-state index is 13.9. The summed E-state index contributed by atoms with van der Waals surface area (Å²) in [5, 5.41) is 0.760. The highest BCUT2D eigenvalue weighted by Gasteiger charge is 2.23. The SMILES string of the molecule is NCC1CCCN(C(=O)CCc2c(-c3ccc(F)cc3)[nH]c3ccc(F)cc23)C1. The maximum absolute atomic E-state index is 13.9. The lowest BCUT2D eigenvalue weighted by Crippen LogP contribution is -2.42. The lowest BCUT2D eigenvalue weighted by molar-refractivity contribution is -0.132. The molecule has 1 aliphatic heterocycles. The minimum atomic E-state index is -0.323. The van der Waals surface area contributed by atoms with Crippen LogP contribution in [0.1, 0.15) is 24.8 Å². The molecule has 1 saturated heterocycles. The van der Waals surface area contributed by atoms with Crippen LogP contribution >= 0.6 is 0 Å². The van der Waals surface area contributed by atoms with Crippen LogP contribution in [0.2, 0.25) is 0 Å². The highest BCUT2D eigenvalue weighted by Crippen LogP contribution is 2.32. The van der Waals surface area contributed by atoms with E-state index in [-0.39, 0.29) is 17.5 Å². The molecular weight excluding hydrogens is 372 g/mol. The van der Waals surface area contributed by atoms with E-state index in [2.05, 4.69) is 4.98 Å². The molecule has 6 heteroatoms. The first-order chi connectivity index (χ1) is 14.0. The van der Waals surface area contributed by atoms with E-state index < -0.39 is 0 Å². The van der Waals surface area contributed by atoms with Crippen molar-refractivity contribution in [3.05, 3.63) is 59.7 Å². The number of rotatable bonds is 5. The van der Waals surface area contributed by atoms with Crippen molar-refractivity contribution < 1.29 is 13.6 Å². The molecule has 1 unspecified atom stereocenters. The van der Waals surface area contributed by atoms with Crippen molar-refractivity contribution in [1.82, 2.24) is 9.88 Å². The molecule has 1 atom stereocenters. The Kier molecular flexibility index (Phi) is 5.62. The molecule has 0 aliphatic carbocycles. The predicted molar refractivity (Wildman–Crippen MR) is 110 cm³/mol. The molecule has 3 N–H and O–H groups in total. The van der Waals surface area contributed by atoms with E-state index in [1.54, 1.807) is 18.2 Å². The number of aromatic nitrogens is 1. The topological polar surface area (TPSA) is 62.1 Å². The fourth-order valence-electron chi connectivity index (χ4n) is 4.22. The summed E-state index contributed by atoms with van der Waals surface area (Å²) in [6.45, 7) is 2.07. The average molecular weight is 397 g/mol. The minimum absolute atomic E-state index is 0.0963. The number of likely N-dealkylation sites (tertiary alicyclic amines) is 1. The number of fused-ring (bicyclic) bond motifs is 1. The normalized spacial score (nSPS) is 17.1. The standard InChI is InChI=1S/C23H25F2N3O/c24-17-5-3-16(4-6-17)23-19(20-12-18(25)7-9-21(20)27-23)8-10-22(29)28-11-1-2-15(13-26)14-28/h3-7,9,12,15,27H,1-2,8,10-11,13-14,26H2. The Hall–Kier alpha value is -2.73. The van der Waals surface area contributed by atoms with Crippen LogP contribution in [0.3, 0.4) is 0 Å². The zero-order chi connectivity index (χ0) is 20.4. The first-order valence-corrected chi connectivity index (χ1v) is 10.1. The molecule has 1 amide bonds. The Morgan fingerprint density at radius 1 is 1.14 bits per heavy atom. The summed E-state index contributed by atoms with van der Waals surface area (Å²) in [7, 11) is 0. The zero-order valence-electron chi connectivity index (χ0n) is 16.3. The Balaban J connectivity index is 1.61. The molecule has 1 aliphatic rings. The quantitative estimate of drug-likeness (QED) is 0.676. The van der Waals surface area contributed by atoms with Crippen LogP contribution in [0.4, 0.5) is 8.78 Å². The van der Waals surface area contributed by atoms with Gasteiger partial charge in [0.25, 0.3) is 0 Å². The number of carbonyl (C=O) groups excluding carboxylic acids is 1. The molecule has 1 fully saturated rings. The maximum Gasteiger partial charge on any atom is 0.222 e. The monoisotopic (exact) mass is 397 g/mol. The summed E-state index contributed by atoms with van der Waals surface area (Å²) in [6.07, 6.45) is 2.87. The van der Waals surface area contributed by atoms with Crippen LogP contribution < -0.4 is 5.73 Å². The van der Waals surface area contributed by atoms with Gasteiger partial charge in [-0.05, 0) is 85.3 Å². The highest BCUT2D eigenvalue weighted by atomic mass is 19.1. The van der Waals surface area contributed by atoms with E-state index in [1.165, 1.54) is 24.3 Å². The lowest BCUT2D eigenvalue weighted by Gasteiger charge is -2.32. The summed E-state index contributed by atoms with van der Waals surface area (Å²) in [4.78, 5) is 18.0. The summed E-state index contributed by atoms with van der Waals surface area (Å²) in [5.41, 5.74) is 9.08. The van der Waals surface area contributed by atoms with Gasteiger partial charge in [0, 0.05) is 36.1 Å². The number of piperidine rings is 1. The number of nitrogens with one attached hydrogen (secondary N) is 1. The second-order valence-corrected chi connectivity index (χ2v) is 7.76. The van der Waals surface area contributed by atoms with E-state index in [4.69, 9.17) is 5.73 Å². The molecule has 0 radical (unpaired) electrons. The molecule has 0 spiro atoms. The third kappa shape index (κ3) is 4.17. The van der Waals surface area contributed by atoms with E-state index in [0.717, 1.165) is 47.1 Å². The van der Waals surface area contributed by atoms with E-state index in [1.807, 2.05) is 4.90 Å². The lowest BCUT2D eigenvalue weighted by atomic mass is 9.97. The van der Waals surface area contributed by atoms with Crippen LogP contribution in [0.5, 0.6) is 0 Å². The van der Waals surface area contributed by atoms with Gasteiger partial charge in [-0.15, -0.1) is 0 Å². The first kappa shape index (κ1) is 19.6. The van der Waals surface area contributed by atoms with Crippen molar-refractivity contribution in [3.63, 3.8) is 0 Å². The molecule has 2 heterocycles. The molecule has 4 rings (SSSR count). The number of aryl methyl sites for hydroxylation is 1. The van der Waals surface area contributed by atoms with Gasteiger partial charge in [0.1, 0.15) is 11.6 Å². The second kappa shape index (κ2) is 8.33. The van der Waals surface area contributed by atoms with Crippen molar-refractivity contribution in [1.29, 1.82) is 0 Å². The number of halogens is 2. The predicted octanol–water partition coefficient (Wildman–Crippen LogP) is 4.24. The van der Waals surface area contributed by atoms with Gasteiger partial charge < -0.3 is 15.6 Å². The largest absolute Gasteiger partial charge is 0.354 e. The number of nitrogens with zero attached hydrogens (tertiary/aromatic N) is 1. The average Bonchev–Trinajstić information content (AvgIpc) is 3.10. The van der Waals surface area contributed by atoms with Crippen LogP contribution in [0, 0.1) is 17.6 Å². The Morgan fingerprint density at radius 2 is 1.90 bits per heavy atom. The Labute approximate surface area is 168 Å². The van der Waals surface area contributed by atoms with Gasteiger partial charge in [0.05, 0.1) is 0 Å². The van der Waals surface area contributed by atoms with Gasteiger partial charge in [0.2, 0.25) is 5.91 Å². The fourth-order valence-corrected chi connectivity index (χ4v) is 4.22. The molecule has 29 heavy (non-hydrogen) atoms. The van der Waals surface area contributed by atoms with Gasteiger partial charge in [-0.1, -0.05) is 0 Å². The molecular formula is C23H25F2N3O. The van der Waals surface area contributed by atoms with Crippen molar-refractivity contribution in [2.45, 2.75) is 25.7 Å². The van der Waals surface area contributed by atoms with Crippen molar-refractivity contribution in [3.8, 4) is 11.3 Å². The van der Waals surface area contributed by atoms with Crippen molar-refractivity contribution in [2.24, 2.45) is 11.7 Å². The van der Waals surface area contributed by atoms with Crippen LogP contribution in [-0.4, -0.2) is 35.4 Å². The summed E-state index contributed by atoms with van der Waals surface area (Å²) in [5.74, 6) is -0.174.